The molecular formula is C15H18N2S. The molecule has 0 unspecified atom stereocenters. The Morgan fingerprint density at radius 3 is 3.06 bits per heavy atom. The third-order valence-electron chi connectivity index (χ3n) is 3.53. The number of aryl methyl sites for hydroxylation is 2. The van der Waals surface area contributed by atoms with Crippen LogP contribution in [-0.4, -0.2) is 18.6 Å². The van der Waals surface area contributed by atoms with Gasteiger partial charge in [0, 0.05) is 23.9 Å². The summed E-state index contributed by atoms with van der Waals surface area (Å²) < 4.78 is 0. The number of likely N-dealkylation sites (N-methyl/N-ethyl adjacent to an activating group) is 1. The molecule has 1 N–H and O–H groups in total. The first-order valence-corrected chi connectivity index (χ1v) is 7.46. The topological polar surface area (TPSA) is 24.9 Å². The summed E-state index contributed by atoms with van der Waals surface area (Å²) in [6, 6.07) is 6.84. The van der Waals surface area contributed by atoms with Gasteiger partial charge in [-0.05, 0) is 43.5 Å². The number of thiazole rings is 1. The smallest absolute Gasteiger partial charge is 0.0945 e. The Kier molecular flexibility index (Phi) is 3.43. The van der Waals surface area contributed by atoms with Gasteiger partial charge in [0.25, 0.3) is 0 Å². The lowest BCUT2D eigenvalue weighted by molar-refractivity contribution is 0.788. The Labute approximate surface area is 112 Å². The second-order valence-electron chi connectivity index (χ2n) is 4.82. The molecule has 0 saturated carbocycles. The molecule has 1 aliphatic rings. The van der Waals surface area contributed by atoms with E-state index in [1.54, 1.807) is 11.3 Å². The zero-order valence-corrected chi connectivity index (χ0v) is 11.5. The summed E-state index contributed by atoms with van der Waals surface area (Å²) in [4.78, 5) is 4.72. The van der Waals surface area contributed by atoms with Gasteiger partial charge in [0.15, 0.2) is 0 Å². The van der Waals surface area contributed by atoms with Crippen molar-refractivity contribution in [2.75, 3.05) is 13.6 Å². The summed E-state index contributed by atoms with van der Waals surface area (Å²) in [7, 11) is 1.98. The molecule has 18 heavy (non-hydrogen) atoms. The van der Waals surface area contributed by atoms with E-state index in [0.29, 0.717) is 0 Å². The number of nitrogens with one attached hydrogen (secondary N) is 1. The number of rotatable bonds is 4. The van der Waals surface area contributed by atoms with Gasteiger partial charge in [-0.3, -0.25) is 0 Å². The van der Waals surface area contributed by atoms with Crippen LogP contribution in [0.5, 0.6) is 0 Å². The first-order valence-electron chi connectivity index (χ1n) is 6.58. The predicted molar refractivity (Wildman–Crippen MR) is 77.2 cm³/mol. The molecule has 2 aromatic rings. The quantitative estimate of drug-likeness (QED) is 0.911. The number of aromatic nitrogens is 1. The van der Waals surface area contributed by atoms with Crippen LogP contribution < -0.4 is 5.32 Å². The third kappa shape index (κ3) is 2.33. The summed E-state index contributed by atoms with van der Waals surface area (Å²) in [6.07, 6.45) is 4.81. The zero-order valence-electron chi connectivity index (χ0n) is 10.7. The Balaban J connectivity index is 1.83. The van der Waals surface area contributed by atoms with Crippen molar-refractivity contribution < 1.29 is 0 Å². The van der Waals surface area contributed by atoms with Crippen LogP contribution in [0.4, 0.5) is 0 Å². The maximum Gasteiger partial charge on any atom is 0.0945 e. The lowest BCUT2D eigenvalue weighted by Crippen LogP contribution is -2.09. The van der Waals surface area contributed by atoms with Crippen molar-refractivity contribution in [3.8, 4) is 11.3 Å². The Morgan fingerprint density at radius 2 is 2.17 bits per heavy atom. The molecule has 0 amide bonds. The van der Waals surface area contributed by atoms with Crippen LogP contribution in [0.2, 0.25) is 0 Å². The molecule has 1 heterocycles. The van der Waals surface area contributed by atoms with Crippen molar-refractivity contribution in [1.29, 1.82) is 0 Å². The first-order chi connectivity index (χ1) is 8.86. The zero-order chi connectivity index (χ0) is 12.4. The summed E-state index contributed by atoms with van der Waals surface area (Å²) in [6.45, 7) is 0.997. The second-order valence-corrected chi connectivity index (χ2v) is 5.76. The van der Waals surface area contributed by atoms with Crippen LogP contribution in [0.25, 0.3) is 11.3 Å². The van der Waals surface area contributed by atoms with Crippen molar-refractivity contribution in [2.24, 2.45) is 0 Å². The highest BCUT2D eigenvalue weighted by atomic mass is 32.1. The van der Waals surface area contributed by atoms with E-state index in [4.69, 9.17) is 4.98 Å². The van der Waals surface area contributed by atoms with Crippen LogP contribution in [-0.2, 0) is 19.3 Å². The van der Waals surface area contributed by atoms with Crippen molar-refractivity contribution in [1.82, 2.24) is 10.3 Å². The van der Waals surface area contributed by atoms with E-state index in [-0.39, 0.29) is 0 Å². The van der Waals surface area contributed by atoms with Crippen LogP contribution in [0.1, 0.15) is 22.6 Å². The fraction of sp³-hybridized carbons (Fsp3) is 0.400. The molecule has 0 bridgehead atoms. The number of hydrogen-bond donors (Lipinski definition) is 1. The average Bonchev–Trinajstić information content (AvgIpc) is 3.04. The SMILES string of the molecule is CNCCc1nc(-c2ccc3c(c2)CCC3)cs1. The minimum atomic E-state index is 0.997. The summed E-state index contributed by atoms with van der Waals surface area (Å²) in [5, 5.41) is 6.57. The van der Waals surface area contributed by atoms with Crippen molar-refractivity contribution in [2.45, 2.75) is 25.7 Å². The van der Waals surface area contributed by atoms with E-state index in [1.165, 1.54) is 41.0 Å². The monoisotopic (exact) mass is 258 g/mol. The number of nitrogens with zero attached hydrogens (tertiary/aromatic N) is 1. The minimum absolute atomic E-state index is 0.997. The molecule has 0 saturated heterocycles. The largest absolute Gasteiger partial charge is 0.319 e. The lowest BCUT2D eigenvalue weighted by Gasteiger charge is -2.02. The van der Waals surface area contributed by atoms with Gasteiger partial charge in [0.2, 0.25) is 0 Å². The van der Waals surface area contributed by atoms with Crippen LogP contribution in [0.3, 0.4) is 0 Å². The van der Waals surface area contributed by atoms with Gasteiger partial charge in [-0.1, -0.05) is 12.1 Å². The van der Waals surface area contributed by atoms with Gasteiger partial charge in [-0.15, -0.1) is 11.3 Å². The standard InChI is InChI=1S/C15H18N2S/c1-16-8-7-15-17-14(10-18-15)13-6-5-11-3-2-4-12(11)9-13/h5-6,9-10,16H,2-4,7-8H2,1H3. The van der Waals surface area contributed by atoms with Gasteiger partial charge in [0.05, 0.1) is 10.7 Å². The molecular weight excluding hydrogens is 240 g/mol. The van der Waals surface area contributed by atoms with Crippen molar-refractivity contribution in [3.05, 3.63) is 39.7 Å². The van der Waals surface area contributed by atoms with E-state index in [1.807, 2.05) is 7.05 Å². The van der Waals surface area contributed by atoms with Gasteiger partial charge in [0.1, 0.15) is 0 Å². The van der Waals surface area contributed by atoms with E-state index in [0.717, 1.165) is 18.7 Å². The predicted octanol–water partition coefficient (Wildman–Crippen LogP) is 3.06. The number of fused-ring (bicyclic) bond motifs is 1. The molecule has 1 aromatic heterocycles. The van der Waals surface area contributed by atoms with E-state index >= 15 is 0 Å². The Hall–Kier alpha value is -1.19. The average molecular weight is 258 g/mol. The summed E-state index contributed by atoms with van der Waals surface area (Å²) >= 11 is 1.77. The van der Waals surface area contributed by atoms with E-state index < -0.39 is 0 Å². The number of hydrogen-bond acceptors (Lipinski definition) is 3. The van der Waals surface area contributed by atoms with E-state index in [9.17, 15) is 0 Å². The maximum absolute atomic E-state index is 4.72. The van der Waals surface area contributed by atoms with Gasteiger partial charge in [-0.25, -0.2) is 4.98 Å². The highest BCUT2D eigenvalue weighted by Crippen LogP contribution is 2.28. The van der Waals surface area contributed by atoms with Crippen LogP contribution in [0, 0.1) is 0 Å². The molecule has 0 fully saturated rings. The fourth-order valence-corrected chi connectivity index (χ4v) is 3.33. The molecule has 3 rings (SSSR count). The van der Waals surface area contributed by atoms with Gasteiger partial charge in [-0.2, -0.15) is 0 Å². The molecule has 1 aliphatic carbocycles. The Morgan fingerprint density at radius 1 is 1.28 bits per heavy atom. The van der Waals surface area contributed by atoms with E-state index in [2.05, 4.69) is 28.9 Å². The normalized spacial score (nSPS) is 13.8. The third-order valence-corrected chi connectivity index (χ3v) is 4.44. The molecule has 1 aromatic carbocycles. The minimum Gasteiger partial charge on any atom is -0.319 e. The molecule has 2 nitrogen and oxygen atoms in total. The van der Waals surface area contributed by atoms with Gasteiger partial charge >= 0.3 is 0 Å². The molecule has 0 aliphatic heterocycles. The summed E-state index contributed by atoms with van der Waals surface area (Å²) in [5.74, 6) is 0. The first kappa shape index (κ1) is 11.9. The van der Waals surface area contributed by atoms with Crippen LogP contribution in [0.15, 0.2) is 23.6 Å². The highest BCUT2D eigenvalue weighted by molar-refractivity contribution is 7.09. The fourth-order valence-electron chi connectivity index (χ4n) is 2.52. The molecule has 94 valence electrons. The van der Waals surface area contributed by atoms with Crippen molar-refractivity contribution >= 4 is 11.3 Å². The number of benzene rings is 1. The molecule has 0 radical (unpaired) electrons. The maximum atomic E-state index is 4.72. The highest BCUT2D eigenvalue weighted by Gasteiger charge is 2.12. The Bertz CT molecular complexity index is 545. The van der Waals surface area contributed by atoms with Crippen molar-refractivity contribution in [3.63, 3.8) is 0 Å². The molecule has 0 spiro atoms. The second kappa shape index (κ2) is 5.21. The van der Waals surface area contributed by atoms with Gasteiger partial charge < -0.3 is 5.32 Å². The molecule has 0 atom stereocenters. The summed E-state index contributed by atoms with van der Waals surface area (Å²) in [5.41, 5.74) is 5.48. The molecule has 3 heteroatoms. The lowest BCUT2D eigenvalue weighted by atomic mass is 10.1. The van der Waals surface area contributed by atoms with Crippen LogP contribution >= 0.6 is 11.3 Å².